The topological polar surface area (TPSA) is 51.0 Å². The molecule has 1 aliphatic carbocycles. The summed E-state index contributed by atoms with van der Waals surface area (Å²) in [7, 11) is 0. The first-order valence-corrected chi connectivity index (χ1v) is 10.4. The Labute approximate surface area is 161 Å². The van der Waals surface area contributed by atoms with E-state index in [0.717, 1.165) is 50.3 Å². The van der Waals surface area contributed by atoms with Gasteiger partial charge >= 0.3 is 0 Å². The van der Waals surface area contributed by atoms with Crippen molar-refractivity contribution in [1.82, 2.24) is 19.4 Å². The maximum atomic E-state index is 13.0. The van der Waals surface area contributed by atoms with Gasteiger partial charge in [0.1, 0.15) is 5.82 Å². The lowest BCUT2D eigenvalue weighted by Crippen LogP contribution is -2.44. The Hall–Kier alpha value is -2.17. The van der Waals surface area contributed by atoms with E-state index in [4.69, 9.17) is 0 Å². The van der Waals surface area contributed by atoms with E-state index in [1.807, 2.05) is 18.5 Å². The van der Waals surface area contributed by atoms with Crippen molar-refractivity contribution >= 4 is 5.91 Å². The van der Waals surface area contributed by atoms with E-state index < -0.39 is 0 Å². The van der Waals surface area contributed by atoms with Crippen LogP contribution in [0.5, 0.6) is 0 Å². The SMILES string of the molecule is Cc1cnc(-c2cccnc2)n1CC1CCCN(C(=O)C2CCCCC2)C1. The van der Waals surface area contributed by atoms with E-state index in [0.29, 0.717) is 11.8 Å². The van der Waals surface area contributed by atoms with Crippen molar-refractivity contribution in [2.24, 2.45) is 11.8 Å². The van der Waals surface area contributed by atoms with Gasteiger partial charge in [0.25, 0.3) is 0 Å². The third-order valence-corrected chi connectivity index (χ3v) is 6.20. The predicted octanol–water partition coefficient (Wildman–Crippen LogP) is 4.07. The number of carbonyl (C=O) groups is 1. The van der Waals surface area contributed by atoms with Crippen molar-refractivity contribution < 1.29 is 4.79 Å². The molecule has 2 aromatic rings. The third kappa shape index (κ3) is 4.07. The minimum Gasteiger partial charge on any atom is -0.342 e. The first-order valence-electron chi connectivity index (χ1n) is 10.4. The molecule has 2 fully saturated rings. The molecule has 3 heterocycles. The molecule has 1 saturated heterocycles. The number of rotatable bonds is 4. The van der Waals surface area contributed by atoms with Gasteiger partial charge in [0.15, 0.2) is 0 Å². The molecule has 5 heteroatoms. The lowest BCUT2D eigenvalue weighted by atomic mass is 9.87. The van der Waals surface area contributed by atoms with Crippen LogP contribution in [0.15, 0.2) is 30.7 Å². The average Bonchev–Trinajstić information content (AvgIpc) is 3.09. The van der Waals surface area contributed by atoms with Crippen molar-refractivity contribution in [3.05, 3.63) is 36.4 Å². The number of hydrogen-bond donors (Lipinski definition) is 0. The Bertz CT molecular complexity index is 764. The zero-order chi connectivity index (χ0) is 18.6. The van der Waals surface area contributed by atoms with Crippen LogP contribution in [0.1, 0.15) is 50.6 Å². The van der Waals surface area contributed by atoms with E-state index in [1.54, 1.807) is 6.20 Å². The van der Waals surface area contributed by atoms with Crippen LogP contribution in [0.25, 0.3) is 11.4 Å². The van der Waals surface area contributed by atoms with Gasteiger partial charge in [-0.25, -0.2) is 4.98 Å². The number of amides is 1. The summed E-state index contributed by atoms with van der Waals surface area (Å²) in [5, 5.41) is 0. The molecule has 1 saturated carbocycles. The van der Waals surface area contributed by atoms with Crippen LogP contribution in [-0.4, -0.2) is 38.4 Å². The molecular weight excluding hydrogens is 336 g/mol. The molecule has 2 aromatic heterocycles. The number of nitrogens with zero attached hydrogens (tertiary/aromatic N) is 4. The summed E-state index contributed by atoms with van der Waals surface area (Å²) in [6.07, 6.45) is 13.8. The largest absolute Gasteiger partial charge is 0.342 e. The Morgan fingerprint density at radius 1 is 1.15 bits per heavy atom. The van der Waals surface area contributed by atoms with Crippen molar-refractivity contribution in [2.45, 2.75) is 58.4 Å². The van der Waals surface area contributed by atoms with Crippen LogP contribution >= 0.6 is 0 Å². The second-order valence-corrected chi connectivity index (χ2v) is 8.20. The van der Waals surface area contributed by atoms with E-state index in [1.165, 1.54) is 31.4 Å². The first kappa shape index (κ1) is 18.2. The molecule has 1 amide bonds. The smallest absolute Gasteiger partial charge is 0.225 e. The van der Waals surface area contributed by atoms with Gasteiger partial charge in [0.2, 0.25) is 5.91 Å². The zero-order valence-corrected chi connectivity index (χ0v) is 16.3. The number of imidazole rings is 1. The standard InChI is InChI=1S/C22H30N4O/c1-17-13-24-21(20-10-5-11-23-14-20)26(17)16-18-7-6-12-25(15-18)22(27)19-8-3-2-4-9-19/h5,10-11,13-14,18-19H,2-4,6-9,12,15-16H2,1H3. The van der Waals surface area contributed by atoms with Gasteiger partial charge in [0, 0.05) is 55.4 Å². The molecular formula is C22H30N4O. The number of carbonyl (C=O) groups excluding carboxylic acids is 1. The number of piperidine rings is 1. The normalized spacial score (nSPS) is 21.4. The first-order chi connectivity index (χ1) is 13.2. The van der Waals surface area contributed by atoms with Crippen LogP contribution in [-0.2, 0) is 11.3 Å². The highest BCUT2D eigenvalue weighted by Crippen LogP contribution is 2.29. The molecule has 1 unspecified atom stereocenters. The number of aryl methyl sites for hydroxylation is 1. The van der Waals surface area contributed by atoms with Crippen LogP contribution in [0.2, 0.25) is 0 Å². The molecule has 4 rings (SSSR count). The second-order valence-electron chi connectivity index (χ2n) is 8.20. The van der Waals surface area contributed by atoms with Crippen LogP contribution in [0, 0.1) is 18.8 Å². The van der Waals surface area contributed by atoms with E-state index >= 15 is 0 Å². The lowest BCUT2D eigenvalue weighted by molar-refractivity contribution is -0.138. The summed E-state index contributed by atoms with van der Waals surface area (Å²) in [5.74, 6) is 2.17. The fourth-order valence-electron chi connectivity index (χ4n) is 4.70. The zero-order valence-electron chi connectivity index (χ0n) is 16.3. The van der Waals surface area contributed by atoms with Gasteiger partial charge in [-0.2, -0.15) is 0 Å². The molecule has 0 aromatic carbocycles. The Balaban J connectivity index is 1.45. The minimum absolute atomic E-state index is 0.276. The number of likely N-dealkylation sites (tertiary alicyclic amines) is 1. The molecule has 1 aliphatic heterocycles. The van der Waals surface area contributed by atoms with Gasteiger partial charge in [-0.3, -0.25) is 9.78 Å². The van der Waals surface area contributed by atoms with E-state index in [9.17, 15) is 4.79 Å². The Morgan fingerprint density at radius 2 is 2.00 bits per heavy atom. The van der Waals surface area contributed by atoms with Crippen molar-refractivity contribution in [3.63, 3.8) is 0 Å². The van der Waals surface area contributed by atoms with Crippen LogP contribution in [0.3, 0.4) is 0 Å². The predicted molar refractivity (Wildman–Crippen MR) is 106 cm³/mol. The summed E-state index contributed by atoms with van der Waals surface area (Å²) in [5.41, 5.74) is 2.22. The summed E-state index contributed by atoms with van der Waals surface area (Å²) in [4.78, 5) is 24.0. The van der Waals surface area contributed by atoms with E-state index in [2.05, 4.69) is 32.4 Å². The summed E-state index contributed by atoms with van der Waals surface area (Å²) < 4.78 is 2.30. The Morgan fingerprint density at radius 3 is 2.78 bits per heavy atom. The molecule has 0 spiro atoms. The molecule has 0 N–H and O–H groups in total. The fourth-order valence-corrected chi connectivity index (χ4v) is 4.70. The average molecular weight is 367 g/mol. The van der Waals surface area contributed by atoms with Crippen LogP contribution in [0.4, 0.5) is 0 Å². The van der Waals surface area contributed by atoms with Gasteiger partial charge in [0.05, 0.1) is 0 Å². The molecule has 5 nitrogen and oxygen atoms in total. The highest BCUT2D eigenvalue weighted by molar-refractivity contribution is 5.79. The minimum atomic E-state index is 0.276. The number of aromatic nitrogens is 3. The van der Waals surface area contributed by atoms with Gasteiger partial charge in [-0.05, 0) is 50.7 Å². The Kier molecular flexibility index (Phi) is 5.55. The maximum Gasteiger partial charge on any atom is 0.225 e. The summed E-state index contributed by atoms with van der Waals surface area (Å²) in [6, 6.07) is 4.01. The van der Waals surface area contributed by atoms with Crippen molar-refractivity contribution in [2.75, 3.05) is 13.1 Å². The summed E-state index contributed by atoms with van der Waals surface area (Å²) in [6.45, 7) is 4.86. The number of hydrogen-bond acceptors (Lipinski definition) is 3. The van der Waals surface area contributed by atoms with Gasteiger partial charge in [-0.1, -0.05) is 19.3 Å². The molecule has 2 aliphatic rings. The van der Waals surface area contributed by atoms with Crippen LogP contribution < -0.4 is 0 Å². The third-order valence-electron chi connectivity index (χ3n) is 6.20. The molecule has 144 valence electrons. The second kappa shape index (κ2) is 8.24. The maximum absolute atomic E-state index is 13.0. The highest BCUT2D eigenvalue weighted by Gasteiger charge is 2.30. The van der Waals surface area contributed by atoms with Crippen molar-refractivity contribution in [3.8, 4) is 11.4 Å². The van der Waals surface area contributed by atoms with Crippen molar-refractivity contribution in [1.29, 1.82) is 0 Å². The van der Waals surface area contributed by atoms with E-state index in [-0.39, 0.29) is 5.92 Å². The monoisotopic (exact) mass is 366 g/mol. The summed E-state index contributed by atoms with van der Waals surface area (Å²) >= 11 is 0. The molecule has 1 atom stereocenters. The highest BCUT2D eigenvalue weighted by atomic mass is 16.2. The molecule has 0 bridgehead atoms. The van der Waals surface area contributed by atoms with Gasteiger partial charge < -0.3 is 9.47 Å². The molecule has 27 heavy (non-hydrogen) atoms. The lowest BCUT2D eigenvalue weighted by Gasteiger charge is -2.36. The quantitative estimate of drug-likeness (QED) is 0.819. The fraction of sp³-hybridized carbons (Fsp3) is 0.591. The number of pyridine rings is 1. The molecule has 0 radical (unpaired) electrons. The van der Waals surface area contributed by atoms with Gasteiger partial charge in [-0.15, -0.1) is 0 Å².